The summed E-state index contributed by atoms with van der Waals surface area (Å²) in [6, 6.07) is 5.69. The maximum absolute atomic E-state index is 12.2. The van der Waals surface area contributed by atoms with Gasteiger partial charge in [-0.3, -0.25) is 0 Å². The fourth-order valence-electron chi connectivity index (χ4n) is 1.51. The van der Waals surface area contributed by atoms with E-state index >= 15 is 0 Å². The molecule has 0 heterocycles. The minimum Gasteiger partial charge on any atom is -0.409 e. The minimum absolute atomic E-state index is 0.00891. The normalized spacial score (nSPS) is 14.3. The van der Waals surface area contributed by atoms with Gasteiger partial charge < -0.3 is 10.9 Å². The summed E-state index contributed by atoms with van der Waals surface area (Å²) in [6.07, 6.45) is 0.622. The highest BCUT2D eigenvalue weighted by Gasteiger charge is 2.22. The summed E-state index contributed by atoms with van der Waals surface area (Å²) in [5.74, 6) is -0.0336. The maximum Gasteiger partial charge on any atom is 0.242 e. The van der Waals surface area contributed by atoms with E-state index in [1.54, 1.807) is 19.1 Å². The summed E-state index contributed by atoms with van der Waals surface area (Å²) in [5.41, 5.74) is 5.38. The number of amidine groups is 1. The first-order valence-electron chi connectivity index (χ1n) is 5.64. The molecule has 106 valence electrons. The lowest BCUT2D eigenvalue weighted by Gasteiger charge is -2.16. The van der Waals surface area contributed by atoms with Crippen LogP contribution < -0.4 is 10.5 Å². The van der Waals surface area contributed by atoms with Crippen molar-refractivity contribution in [2.75, 3.05) is 0 Å². The van der Waals surface area contributed by atoms with Crippen LogP contribution >= 0.6 is 11.6 Å². The summed E-state index contributed by atoms with van der Waals surface area (Å²) in [7, 11) is -3.73. The van der Waals surface area contributed by atoms with Gasteiger partial charge in [-0.15, -0.1) is 0 Å². The molecule has 0 bridgehead atoms. The van der Waals surface area contributed by atoms with E-state index < -0.39 is 16.1 Å². The third kappa shape index (κ3) is 4.38. The van der Waals surface area contributed by atoms with Crippen LogP contribution in [0.3, 0.4) is 0 Å². The Hall–Kier alpha value is -1.31. The Labute approximate surface area is 117 Å². The molecule has 0 aliphatic carbocycles. The van der Waals surface area contributed by atoms with E-state index in [1.807, 2.05) is 0 Å². The molecular formula is C11H16ClN3O3S. The minimum atomic E-state index is -3.73. The van der Waals surface area contributed by atoms with E-state index in [-0.39, 0.29) is 22.2 Å². The van der Waals surface area contributed by atoms with Crippen molar-refractivity contribution in [2.24, 2.45) is 10.9 Å². The summed E-state index contributed by atoms with van der Waals surface area (Å²) in [5, 5.41) is 11.5. The zero-order chi connectivity index (χ0) is 14.5. The highest BCUT2D eigenvalue weighted by Crippen LogP contribution is 2.21. The predicted molar refractivity (Wildman–Crippen MR) is 73.9 cm³/mol. The molecule has 8 heteroatoms. The highest BCUT2D eigenvalue weighted by atomic mass is 35.5. The molecule has 1 unspecified atom stereocenters. The van der Waals surface area contributed by atoms with Gasteiger partial charge in [0.15, 0.2) is 0 Å². The van der Waals surface area contributed by atoms with Crippen LogP contribution in [-0.4, -0.2) is 25.5 Å². The molecule has 4 N–H and O–H groups in total. The highest BCUT2D eigenvalue weighted by molar-refractivity contribution is 7.89. The lowest BCUT2D eigenvalue weighted by atomic mass is 10.1. The van der Waals surface area contributed by atoms with Gasteiger partial charge >= 0.3 is 0 Å². The third-order valence-corrected chi connectivity index (χ3v) is 4.55. The largest absolute Gasteiger partial charge is 0.409 e. The van der Waals surface area contributed by atoms with Gasteiger partial charge in [-0.25, -0.2) is 13.1 Å². The molecule has 1 aromatic rings. The maximum atomic E-state index is 12.2. The van der Waals surface area contributed by atoms with Crippen molar-refractivity contribution in [1.82, 2.24) is 4.72 Å². The number of sulfonamides is 1. The predicted octanol–water partition coefficient (Wildman–Crippen LogP) is 1.53. The average Bonchev–Trinajstić information content (AvgIpc) is 2.37. The molecule has 19 heavy (non-hydrogen) atoms. The van der Waals surface area contributed by atoms with Crippen molar-refractivity contribution in [1.29, 1.82) is 0 Å². The van der Waals surface area contributed by atoms with Crippen LogP contribution in [0.2, 0.25) is 5.02 Å². The molecule has 0 saturated heterocycles. The summed E-state index contributed by atoms with van der Waals surface area (Å²) in [6.45, 7) is 1.80. The van der Waals surface area contributed by atoms with Crippen LogP contribution in [0.1, 0.15) is 19.8 Å². The molecule has 0 radical (unpaired) electrons. The Morgan fingerprint density at radius 2 is 2.16 bits per heavy atom. The molecule has 0 aliphatic heterocycles. The number of hydrogen-bond acceptors (Lipinski definition) is 4. The second-order valence-corrected chi connectivity index (χ2v) is 6.04. The Bertz CT molecular complexity index is 560. The zero-order valence-electron chi connectivity index (χ0n) is 10.4. The number of nitrogens with two attached hydrogens (primary N) is 1. The van der Waals surface area contributed by atoms with Crippen molar-refractivity contribution in [3.8, 4) is 0 Å². The van der Waals surface area contributed by atoms with E-state index in [4.69, 9.17) is 22.5 Å². The number of hydrogen-bond donors (Lipinski definition) is 3. The molecule has 0 aromatic heterocycles. The Morgan fingerprint density at radius 3 is 2.68 bits per heavy atom. The van der Waals surface area contributed by atoms with Gasteiger partial charge in [0.2, 0.25) is 10.0 Å². The number of nitrogens with one attached hydrogen (secondary N) is 1. The van der Waals surface area contributed by atoms with Crippen LogP contribution in [0.4, 0.5) is 0 Å². The molecule has 0 saturated carbocycles. The molecule has 6 nitrogen and oxygen atoms in total. The molecule has 0 aliphatic rings. The third-order valence-electron chi connectivity index (χ3n) is 2.52. The monoisotopic (exact) mass is 305 g/mol. The number of oxime groups is 1. The standard InChI is InChI=1S/C11H16ClN3O3S/c1-2-8(7-11(13)14-16)15-19(17,18)10-6-4-3-5-9(10)12/h3-6,8,15-16H,2,7H2,1H3,(H2,13,14). The second kappa shape index (κ2) is 6.74. The van der Waals surface area contributed by atoms with Crippen molar-refractivity contribution in [3.63, 3.8) is 0 Å². The van der Waals surface area contributed by atoms with E-state index in [0.29, 0.717) is 6.42 Å². The Morgan fingerprint density at radius 1 is 1.53 bits per heavy atom. The van der Waals surface area contributed by atoms with E-state index in [2.05, 4.69) is 9.88 Å². The molecule has 1 aromatic carbocycles. The van der Waals surface area contributed by atoms with Crippen molar-refractivity contribution in [3.05, 3.63) is 29.3 Å². The quantitative estimate of drug-likeness (QED) is 0.321. The van der Waals surface area contributed by atoms with Gasteiger partial charge in [-0.2, -0.15) is 0 Å². The fraction of sp³-hybridized carbons (Fsp3) is 0.364. The van der Waals surface area contributed by atoms with Gasteiger partial charge in [-0.1, -0.05) is 35.8 Å². The lowest BCUT2D eigenvalue weighted by molar-refractivity contribution is 0.316. The van der Waals surface area contributed by atoms with Crippen molar-refractivity contribution < 1.29 is 13.6 Å². The van der Waals surface area contributed by atoms with Gasteiger partial charge in [0.05, 0.1) is 5.02 Å². The number of nitrogens with zero attached hydrogens (tertiary/aromatic N) is 1. The smallest absolute Gasteiger partial charge is 0.242 e. The van der Waals surface area contributed by atoms with Gasteiger partial charge in [0.1, 0.15) is 10.7 Å². The Kier molecular flexibility index (Phi) is 5.59. The summed E-state index contributed by atoms with van der Waals surface area (Å²) < 4.78 is 26.8. The number of benzene rings is 1. The van der Waals surface area contributed by atoms with Crippen LogP contribution in [0, 0.1) is 0 Å². The van der Waals surface area contributed by atoms with Gasteiger partial charge in [-0.05, 0) is 18.6 Å². The summed E-state index contributed by atoms with van der Waals surface area (Å²) in [4.78, 5) is 0.00891. The zero-order valence-corrected chi connectivity index (χ0v) is 11.9. The van der Waals surface area contributed by atoms with Crippen molar-refractivity contribution in [2.45, 2.75) is 30.7 Å². The first kappa shape index (κ1) is 15.7. The second-order valence-electron chi connectivity index (χ2n) is 3.95. The Balaban J connectivity index is 2.93. The first-order chi connectivity index (χ1) is 8.90. The lowest BCUT2D eigenvalue weighted by Crippen LogP contribution is -2.37. The van der Waals surface area contributed by atoms with Crippen LogP contribution in [0.25, 0.3) is 0 Å². The topological polar surface area (TPSA) is 105 Å². The molecular weight excluding hydrogens is 290 g/mol. The van der Waals surface area contributed by atoms with Crippen LogP contribution in [0.15, 0.2) is 34.3 Å². The van der Waals surface area contributed by atoms with Gasteiger partial charge in [0, 0.05) is 12.5 Å². The SMILES string of the molecule is CCC(CC(N)=NO)NS(=O)(=O)c1ccccc1Cl. The van der Waals surface area contributed by atoms with Crippen molar-refractivity contribution >= 4 is 27.5 Å². The van der Waals surface area contributed by atoms with E-state index in [1.165, 1.54) is 12.1 Å². The molecule has 1 rings (SSSR count). The molecule has 0 amide bonds. The molecule has 0 fully saturated rings. The average molecular weight is 306 g/mol. The van der Waals surface area contributed by atoms with Crippen LogP contribution in [0.5, 0.6) is 0 Å². The number of halogens is 1. The first-order valence-corrected chi connectivity index (χ1v) is 7.50. The molecule has 0 spiro atoms. The van der Waals surface area contributed by atoms with Crippen LogP contribution in [-0.2, 0) is 10.0 Å². The fourth-order valence-corrected chi connectivity index (χ4v) is 3.35. The van der Waals surface area contributed by atoms with E-state index in [0.717, 1.165) is 0 Å². The van der Waals surface area contributed by atoms with Gasteiger partial charge in [0.25, 0.3) is 0 Å². The van der Waals surface area contributed by atoms with E-state index in [9.17, 15) is 8.42 Å². The summed E-state index contributed by atoms with van der Waals surface area (Å²) >= 11 is 5.86. The molecule has 1 atom stereocenters. The number of rotatable bonds is 6.